The van der Waals surface area contributed by atoms with Crippen LogP contribution in [0.4, 0.5) is 0 Å². The molecular formula is C27H22ClN3O3. The lowest BCUT2D eigenvalue weighted by Crippen LogP contribution is -2.20. The Balaban J connectivity index is 1.78. The third kappa shape index (κ3) is 4.57. The number of para-hydroxylation sites is 1. The van der Waals surface area contributed by atoms with E-state index in [-0.39, 0.29) is 11.3 Å². The van der Waals surface area contributed by atoms with Crippen molar-refractivity contribution >= 4 is 45.9 Å². The summed E-state index contributed by atoms with van der Waals surface area (Å²) >= 11 is 6.37. The fourth-order valence-electron chi connectivity index (χ4n) is 4.13. The van der Waals surface area contributed by atoms with Gasteiger partial charge in [-0.25, -0.2) is 9.78 Å². The highest BCUT2D eigenvalue weighted by molar-refractivity contribution is 6.32. The summed E-state index contributed by atoms with van der Waals surface area (Å²) in [6.45, 7) is 0.891. The minimum absolute atomic E-state index is 0.0876. The summed E-state index contributed by atoms with van der Waals surface area (Å²) < 4.78 is 5.37. The molecule has 0 atom stereocenters. The molecule has 1 aliphatic rings. The van der Waals surface area contributed by atoms with E-state index in [1.807, 2.05) is 54.6 Å². The fourth-order valence-corrected chi connectivity index (χ4v) is 4.32. The van der Waals surface area contributed by atoms with Gasteiger partial charge in [-0.3, -0.25) is 4.79 Å². The number of hydrogen-bond donors (Lipinski definition) is 1. The van der Waals surface area contributed by atoms with Crippen LogP contribution in [0.15, 0.2) is 59.8 Å². The second kappa shape index (κ2) is 9.90. The van der Waals surface area contributed by atoms with Gasteiger partial charge >= 0.3 is 5.97 Å². The maximum absolute atomic E-state index is 13.3. The van der Waals surface area contributed by atoms with Gasteiger partial charge in [0.1, 0.15) is 11.6 Å². The molecule has 34 heavy (non-hydrogen) atoms. The zero-order valence-corrected chi connectivity index (χ0v) is 19.4. The summed E-state index contributed by atoms with van der Waals surface area (Å²) in [5.41, 5.74) is 9.90. The molecule has 0 unspecified atom stereocenters. The Kier molecular flexibility index (Phi) is 6.76. The predicted octanol–water partition coefficient (Wildman–Crippen LogP) is 5.25. The SMILES string of the molecule is C/C(N)=C(/C#N)C(=O)COC(=O)c1c2c(nc3ccccc13)/C(=C/c1ccccc1Cl)CCC2. The van der Waals surface area contributed by atoms with Gasteiger partial charge in [-0.15, -0.1) is 0 Å². The number of carbonyl (C=O) groups is 2. The molecule has 0 spiro atoms. The number of ketones is 1. The number of ether oxygens (including phenoxy) is 1. The number of esters is 1. The monoisotopic (exact) mass is 471 g/mol. The third-order valence-electron chi connectivity index (χ3n) is 5.73. The number of benzene rings is 2. The molecule has 1 aromatic heterocycles. The molecule has 0 saturated heterocycles. The lowest BCUT2D eigenvalue weighted by Gasteiger charge is -2.22. The fraction of sp³-hybridized carbons (Fsp3) is 0.185. The van der Waals surface area contributed by atoms with E-state index < -0.39 is 18.4 Å². The van der Waals surface area contributed by atoms with Crippen LogP contribution >= 0.6 is 11.6 Å². The Bertz CT molecular complexity index is 1410. The minimum atomic E-state index is -0.637. The summed E-state index contributed by atoms with van der Waals surface area (Å²) in [4.78, 5) is 30.5. The Morgan fingerprint density at radius 2 is 1.91 bits per heavy atom. The number of nitrogens with two attached hydrogens (primary N) is 1. The number of rotatable bonds is 5. The summed E-state index contributed by atoms with van der Waals surface area (Å²) in [5, 5.41) is 10.4. The number of halogens is 1. The van der Waals surface area contributed by atoms with Crippen LogP contribution < -0.4 is 5.73 Å². The van der Waals surface area contributed by atoms with Crippen LogP contribution in [0.1, 0.15) is 46.9 Å². The van der Waals surface area contributed by atoms with Gasteiger partial charge in [0.05, 0.1) is 16.8 Å². The average Bonchev–Trinajstić information content (AvgIpc) is 2.83. The summed E-state index contributed by atoms with van der Waals surface area (Å²) in [5.74, 6) is -1.27. The predicted molar refractivity (Wildman–Crippen MR) is 132 cm³/mol. The summed E-state index contributed by atoms with van der Waals surface area (Å²) in [6, 6.07) is 16.7. The highest BCUT2D eigenvalue weighted by Crippen LogP contribution is 2.37. The molecule has 0 radical (unpaired) electrons. The van der Waals surface area contributed by atoms with E-state index in [1.165, 1.54) is 6.92 Å². The maximum Gasteiger partial charge on any atom is 0.339 e. The van der Waals surface area contributed by atoms with E-state index in [9.17, 15) is 9.59 Å². The van der Waals surface area contributed by atoms with Crippen molar-refractivity contribution in [1.82, 2.24) is 4.98 Å². The molecule has 2 N–H and O–H groups in total. The van der Waals surface area contributed by atoms with Gasteiger partial charge in [0, 0.05) is 16.1 Å². The zero-order chi connectivity index (χ0) is 24.2. The van der Waals surface area contributed by atoms with Gasteiger partial charge in [-0.1, -0.05) is 48.0 Å². The van der Waals surface area contributed by atoms with E-state index in [0.717, 1.165) is 35.2 Å². The van der Waals surface area contributed by atoms with Crippen LogP contribution in [0.5, 0.6) is 0 Å². The largest absolute Gasteiger partial charge is 0.454 e. The minimum Gasteiger partial charge on any atom is -0.454 e. The molecule has 4 rings (SSSR count). The number of pyridine rings is 1. The van der Waals surface area contributed by atoms with Crippen molar-refractivity contribution < 1.29 is 14.3 Å². The Morgan fingerprint density at radius 1 is 1.18 bits per heavy atom. The standard InChI is InChI=1S/C27H22ClN3O3/c1-16(30)21(14-29)24(32)15-34-27(33)25-19-9-3-5-12-23(19)31-26-18(8-6-10-20(25)26)13-17-7-2-4-11-22(17)28/h2-5,7,9,11-13H,6,8,10,15,30H2,1H3/b18-13+,21-16+. The van der Waals surface area contributed by atoms with Gasteiger partial charge in [0.15, 0.2) is 6.61 Å². The molecule has 3 aromatic rings. The van der Waals surface area contributed by atoms with Gasteiger partial charge in [0.2, 0.25) is 5.78 Å². The van der Waals surface area contributed by atoms with Crippen molar-refractivity contribution in [3.05, 3.63) is 87.2 Å². The molecule has 0 aliphatic heterocycles. The molecular weight excluding hydrogens is 450 g/mol. The number of nitrogens with zero attached hydrogens (tertiary/aromatic N) is 2. The van der Waals surface area contributed by atoms with Crippen LogP contribution in [0, 0.1) is 11.3 Å². The first-order valence-corrected chi connectivity index (χ1v) is 11.2. The number of Topliss-reactive ketones (excluding diaryl/α,β-unsaturated/α-hetero) is 1. The number of hydrogen-bond acceptors (Lipinski definition) is 6. The lowest BCUT2D eigenvalue weighted by molar-refractivity contribution is -0.118. The van der Waals surface area contributed by atoms with E-state index in [1.54, 1.807) is 6.07 Å². The zero-order valence-electron chi connectivity index (χ0n) is 18.6. The van der Waals surface area contributed by atoms with Crippen LogP contribution in [0.2, 0.25) is 5.02 Å². The number of allylic oxidation sites excluding steroid dienone is 2. The van der Waals surface area contributed by atoms with Crippen LogP contribution in [-0.4, -0.2) is 23.3 Å². The number of aromatic nitrogens is 1. The Hall–Kier alpha value is -3.95. The first-order valence-electron chi connectivity index (χ1n) is 10.8. The third-order valence-corrected chi connectivity index (χ3v) is 6.07. The smallest absolute Gasteiger partial charge is 0.339 e. The quantitative estimate of drug-likeness (QED) is 0.309. The van der Waals surface area contributed by atoms with Gasteiger partial charge < -0.3 is 10.5 Å². The number of carbonyl (C=O) groups excluding carboxylic acids is 2. The first-order chi connectivity index (χ1) is 16.4. The van der Waals surface area contributed by atoms with Crippen molar-refractivity contribution in [1.29, 1.82) is 5.26 Å². The second-order valence-electron chi connectivity index (χ2n) is 8.04. The summed E-state index contributed by atoms with van der Waals surface area (Å²) in [7, 11) is 0. The highest BCUT2D eigenvalue weighted by atomic mass is 35.5. The van der Waals surface area contributed by atoms with Crippen LogP contribution in [-0.2, 0) is 16.0 Å². The lowest BCUT2D eigenvalue weighted by atomic mass is 9.86. The van der Waals surface area contributed by atoms with Crippen LogP contribution in [0.25, 0.3) is 22.6 Å². The molecule has 1 heterocycles. The van der Waals surface area contributed by atoms with Gasteiger partial charge in [0.25, 0.3) is 0 Å². The van der Waals surface area contributed by atoms with Crippen molar-refractivity contribution in [2.45, 2.75) is 26.2 Å². The van der Waals surface area contributed by atoms with Crippen molar-refractivity contribution in [2.75, 3.05) is 6.61 Å². The highest BCUT2D eigenvalue weighted by Gasteiger charge is 2.27. The maximum atomic E-state index is 13.3. The number of fused-ring (bicyclic) bond motifs is 2. The molecule has 2 aromatic carbocycles. The van der Waals surface area contributed by atoms with Gasteiger partial charge in [-0.05, 0) is 61.1 Å². The molecule has 0 amide bonds. The van der Waals surface area contributed by atoms with Crippen LogP contribution in [0.3, 0.4) is 0 Å². The first kappa shape index (κ1) is 23.2. The Morgan fingerprint density at radius 3 is 2.65 bits per heavy atom. The van der Waals surface area contributed by atoms with Gasteiger partial charge in [-0.2, -0.15) is 5.26 Å². The van der Waals surface area contributed by atoms with Crippen molar-refractivity contribution in [2.24, 2.45) is 5.73 Å². The topological polar surface area (TPSA) is 106 Å². The van der Waals surface area contributed by atoms with E-state index in [4.69, 9.17) is 32.3 Å². The average molecular weight is 472 g/mol. The number of nitriles is 1. The normalized spacial score (nSPS) is 14.8. The molecule has 1 aliphatic carbocycles. The molecule has 7 heteroatoms. The van der Waals surface area contributed by atoms with E-state index in [0.29, 0.717) is 27.9 Å². The van der Waals surface area contributed by atoms with Crippen molar-refractivity contribution in [3.8, 4) is 6.07 Å². The van der Waals surface area contributed by atoms with Crippen molar-refractivity contribution in [3.63, 3.8) is 0 Å². The Labute approximate surface area is 202 Å². The van der Waals surface area contributed by atoms with E-state index in [2.05, 4.69) is 0 Å². The molecule has 0 saturated carbocycles. The van der Waals surface area contributed by atoms with E-state index >= 15 is 0 Å². The molecule has 0 bridgehead atoms. The molecule has 6 nitrogen and oxygen atoms in total. The molecule has 0 fully saturated rings. The second-order valence-corrected chi connectivity index (χ2v) is 8.45. The summed E-state index contributed by atoms with van der Waals surface area (Å²) in [6.07, 6.45) is 4.28. The molecule has 170 valence electrons.